The van der Waals surface area contributed by atoms with Crippen LogP contribution in [0, 0.1) is 6.92 Å². The van der Waals surface area contributed by atoms with Crippen LogP contribution in [0.4, 0.5) is 8.78 Å². The number of halogens is 2. The average molecular weight is 216 g/mol. The molecule has 0 aliphatic rings. The van der Waals surface area contributed by atoms with Gasteiger partial charge in [-0.25, -0.2) is 18.6 Å². The number of carbonyl (C=O) groups is 1. The highest BCUT2D eigenvalue weighted by molar-refractivity contribution is 5.87. The Morgan fingerprint density at radius 3 is 2.67 bits per heavy atom. The number of rotatable bonds is 3. The first-order valence-corrected chi connectivity index (χ1v) is 4.19. The first-order valence-electron chi connectivity index (χ1n) is 4.19. The van der Waals surface area contributed by atoms with Gasteiger partial charge >= 0.3 is 5.97 Å². The molecule has 4 nitrogen and oxygen atoms in total. The quantitative estimate of drug-likeness (QED) is 0.802. The summed E-state index contributed by atoms with van der Waals surface area (Å²) < 4.78 is 25.2. The molecule has 0 radical (unpaired) electrons. The third-order valence-electron chi connectivity index (χ3n) is 1.91. The van der Waals surface area contributed by atoms with E-state index in [4.69, 9.17) is 10.8 Å². The molecule has 0 amide bonds. The van der Waals surface area contributed by atoms with E-state index in [2.05, 4.69) is 4.98 Å². The smallest absolute Gasteiger partial charge is 0.355 e. The Hall–Kier alpha value is -1.56. The van der Waals surface area contributed by atoms with Gasteiger partial charge in [-0.2, -0.15) is 0 Å². The molecule has 1 heterocycles. The molecule has 1 aromatic rings. The molecule has 0 aliphatic heterocycles. The van der Waals surface area contributed by atoms with Crippen molar-refractivity contribution < 1.29 is 18.7 Å². The van der Waals surface area contributed by atoms with Gasteiger partial charge in [-0.15, -0.1) is 0 Å². The van der Waals surface area contributed by atoms with Crippen molar-refractivity contribution in [2.45, 2.75) is 19.9 Å². The lowest BCUT2D eigenvalue weighted by Gasteiger charge is -2.10. The fraction of sp³-hybridized carbons (Fsp3) is 0.333. The molecule has 0 unspecified atom stereocenters. The van der Waals surface area contributed by atoms with Crippen LogP contribution in [0.15, 0.2) is 6.07 Å². The van der Waals surface area contributed by atoms with Crippen molar-refractivity contribution in [3.8, 4) is 0 Å². The summed E-state index contributed by atoms with van der Waals surface area (Å²) in [6, 6.07) is 1.37. The van der Waals surface area contributed by atoms with Gasteiger partial charge in [-0.1, -0.05) is 0 Å². The summed E-state index contributed by atoms with van der Waals surface area (Å²) in [5.41, 5.74) is 4.54. The van der Waals surface area contributed by atoms with Crippen molar-refractivity contribution in [3.05, 3.63) is 28.6 Å². The maximum Gasteiger partial charge on any atom is 0.355 e. The van der Waals surface area contributed by atoms with E-state index >= 15 is 0 Å². The van der Waals surface area contributed by atoms with E-state index in [0.29, 0.717) is 5.69 Å². The number of aryl methyl sites for hydroxylation is 1. The molecule has 0 atom stereocenters. The summed E-state index contributed by atoms with van der Waals surface area (Å²) in [5, 5.41) is 8.72. The number of carboxylic acid groups (broad SMARTS) is 1. The second-order valence-corrected chi connectivity index (χ2v) is 3.00. The van der Waals surface area contributed by atoms with E-state index in [9.17, 15) is 13.6 Å². The van der Waals surface area contributed by atoms with Crippen molar-refractivity contribution in [3.63, 3.8) is 0 Å². The largest absolute Gasteiger partial charge is 0.476 e. The molecule has 0 aromatic carbocycles. The van der Waals surface area contributed by atoms with Gasteiger partial charge in [0.15, 0.2) is 5.69 Å². The summed E-state index contributed by atoms with van der Waals surface area (Å²) in [5.74, 6) is -1.47. The third kappa shape index (κ3) is 2.27. The highest BCUT2D eigenvalue weighted by Gasteiger charge is 2.23. The van der Waals surface area contributed by atoms with Crippen LogP contribution in [0.3, 0.4) is 0 Å². The lowest BCUT2D eigenvalue weighted by molar-refractivity contribution is 0.0676. The monoisotopic (exact) mass is 216 g/mol. The molecule has 6 heteroatoms. The molecule has 0 saturated heterocycles. The van der Waals surface area contributed by atoms with E-state index in [1.165, 1.54) is 13.0 Å². The number of hydrogen-bond donors (Lipinski definition) is 2. The van der Waals surface area contributed by atoms with Gasteiger partial charge in [-0.05, 0) is 18.6 Å². The Labute approximate surface area is 84.7 Å². The van der Waals surface area contributed by atoms with Gasteiger partial charge in [0, 0.05) is 12.2 Å². The molecular weight excluding hydrogens is 206 g/mol. The SMILES string of the molecule is Cc1cc(CN)c(C(F)F)c(C(=O)O)n1. The molecule has 0 saturated carbocycles. The van der Waals surface area contributed by atoms with Crippen molar-refractivity contribution in [1.82, 2.24) is 4.98 Å². The number of aromatic nitrogens is 1. The summed E-state index contributed by atoms with van der Waals surface area (Å²) >= 11 is 0. The lowest BCUT2D eigenvalue weighted by Crippen LogP contribution is -2.13. The zero-order valence-electron chi connectivity index (χ0n) is 8.00. The minimum atomic E-state index is -2.89. The van der Waals surface area contributed by atoms with Crippen LogP contribution in [-0.2, 0) is 6.54 Å². The molecule has 82 valence electrons. The van der Waals surface area contributed by atoms with E-state index in [0.717, 1.165) is 0 Å². The van der Waals surface area contributed by atoms with Crippen LogP contribution in [0.2, 0.25) is 0 Å². The van der Waals surface area contributed by atoms with E-state index < -0.39 is 23.7 Å². The number of hydrogen-bond acceptors (Lipinski definition) is 3. The minimum Gasteiger partial charge on any atom is -0.476 e. The molecule has 0 fully saturated rings. The fourth-order valence-electron chi connectivity index (χ4n) is 1.33. The Morgan fingerprint density at radius 2 is 2.27 bits per heavy atom. The van der Waals surface area contributed by atoms with E-state index in [-0.39, 0.29) is 12.1 Å². The second-order valence-electron chi connectivity index (χ2n) is 3.00. The molecule has 15 heavy (non-hydrogen) atoms. The van der Waals surface area contributed by atoms with Crippen molar-refractivity contribution in [2.24, 2.45) is 5.73 Å². The molecule has 3 N–H and O–H groups in total. The minimum absolute atomic E-state index is 0.120. The van der Waals surface area contributed by atoms with E-state index in [1.807, 2.05) is 0 Å². The van der Waals surface area contributed by atoms with Crippen LogP contribution >= 0.6 is 0 Å². The van der Waals surface area contributed by atoms with Crippen LogP contribution in [0.25, 0.3) is 0 Å². The topological polar surface area (TPSA) is 76.2 Å². The predicted molar refractivity (Wildman–Crippen MR) is 48.8 cm³/mol. The first kappa shape index (κ1) is 11.5. The van der Waals surface area contributed by atoms with Gasteiger partial charge in [-0.3, -0.25) is 0 Å². The van der Waals surface area contributed by atoms with Crippen molar-refractivity contribution in [2.75, 3.05) is 0 Å². The molecule has 1 rings (SSSR count). The highest BCUT2D eigenvalue weighted by atomic mass is 19.3. The maximum atomic E-state index is 12.6. The zero-order valence-corrected chi connectivity index (χ0v) is 8.00. The van der Waals surface area contributed by atoms with Gasteiger partial charge in [0.05, 0.1) is 5.56 Å². The van der Waals surface area contributed by atoms with Gasteiger partial charge in [0.25, 0.3) is 6.43 Å². The number of carboxylic acids is 1. The van der Waals surface area contributed by atoms with Crippen molar-refractivity contribution >= 4 is 5.97 Å². The van der Waals surface area contributed by atoms with Gasteiger partial charge < -0.3 is 10.8 Å². The van der Waals surface area contributed by atoms with Crippen LogP contribution in [0.5, 0.6) is 0 Å². The Morgan fingerprint density at radius 1 is 1.67 bits per heavy atom. The third-order valence-corrected chi connectivity index (χ3v) is 1.91. The number of alkyl halides is 2. The van der Waals surface area contributed by atoms with Crippen LogP contribution in [-0.4, -0.2) is 16.1 Å². The Balaban J connectivity index is 3.47. The van der Waals surface area contributed by atoms with Gasteiger partial charge in [0.2, 0.25) is 0 Å². The van der Waals surface area contributed by atoms with E-state index in [1.54, 1.807) is 0 Å². The first-order chi connectivity index (χ1) is 6.97. The molecule has 0 aliphatic carbocycles. The van der Waals surface area contributed by atoms with Crippen LogP contribution < -0.4 is 5.73 Å². The standard InChI is InChI=1S/C9H10F2N2O2/c1-4-2-5(3-12)6(8(10)11)7(13-4)9(14)15/h2,8H,3,12H2,1H3,(H,14,15). The summed E-state index contributed by atoms with van der Waals surface area (Å²) in [6.45, 7) is 1.39. The summed E-state index contributed by atoms with van der Waals surface area (Å²) in [4.78, 5) is 14.3. The molecule has 0 bridgehead atoms. The number of nitrogens with two attached hydrogens (primary N) is 1. The lowest BCUT2D eigenvalue weighted by atomic mass is 10.1. The Kier molecular flexibility index (Phi) is 3.31. The number of aromatic carboxylic acids is 1. The predicted octanol–water partition coefficient (Wildman–Crippen LogP) is 1.48. The molecular formula is C9H10F2N2O2. The fourth-order valence-corrected chi connectivity index (χ4v) is 1.33. The molecule has 0 spiro atoms. The number of nitrogens with zero attached hydrogens (tertiary/aromatic N) is 1. The second kappa shape index (κ2) is 4.31. The maximum absolute atomic E-state index is 12.6. The normalized spacial score (nSPS) is 10.7. The van der Waals surface area contributed by atoms with Crippen LogP contribution in [0.1, 0.15) is 33.7 Å². The zero-order chi connectivity index (χ0) is 11.6. The van der Waals surface area contributed by atoms with Crippen molar-refractivity contribution in [1.29, 1.82) is 0 Å². The highest BCUT2D eigenvalue weighted by Crippen LogP contribution is 2.26. The number of pyridine rings is 1. The molecule has 1 aromatic heterocycles. The summed E-state index contributed by atoms with van der Waals surface area (Å²) in [7, 11) is 0. The van der Waals surface area contributed by atoms with Gasteiger partial charge in [0.1, 0.15) is 0 Å². The average Bonchev–Trinajstić information content (AvgIpc) is 2.15. The summed E-state index contributed by atoms with van der Waals surface area (Å²) in [6.07, 6.45) is -2.89. The Bertz CT molecular complexity index is 394.